The Morgan fingerprint density at radius 3 is 2.73 bits per heavy atom. The highest BCUT2D eigenvalue weighted by atomic mass is 35.5. The molecule has 2 aromatic heterocycles. The highest BCUT2D eigenvalue weighted by Gasteiger charge is 2.15. The van der Waals surface area contributed by atoms with E-state index in [-0.39, 0.29) is 5.02 Å². The Bertz CT molecular complexity index is 1250. The molecule has 170 valence electrons. The van der Waals surface area contributed by atoms with Gasteiger partial charge >= 0.3 is 0 Å². The van der Waals surface area contributed by atoms with Crippen LogP contribution >= 0.6 is 22.9 Å². The Morgan fingerprint density at radius 1 is 1.09 bits per heavy atom. The van der Waals surface area contributed by atoms with Crippen molar-refractivity contribution in [3.63, 3.8) is 0 Å². The molecule has 2 aromatic carbocycles. The van der Waals surface area contributed by atoms with Crippen molar-refractivity contribution in [3.05, 3.63) is 65.2 Å². The summed E-state index contributed by atoms with van der Waals surface area (Å²) in [6, 6.07) is 12.7. The van der Waals surface area contributed by atoms with E-state index in [4.69, 9.17) is 16.3 Å². The van der Waals surface area contributed by atoms with Gasteiger partial charge in [0.15, 0.2) is 16.6 Å². The average Bonchev–Trinajstić information content (AvgIpc) is 3.48. The van der Waals surface area contributed by atoms with Crippen molar-refractivity contribution < 1.29 is 9.13 Å². The maximum absolute atomic E-state index is 13.4. The van der Waals surface area contributed by atoms with Crippen LogP contribution in [0.3, 0.4) is 0 Å². The van der Waals surface area contributed by atoms with Crippen molar-refractivity contribution in [2.75, 3.05) is 23.8 Å². The highest BCUT2D eigenvalue weighted by Crippen LogP contribution is 2.33. The molecule has 33 heavy (non-hydrogen) atoms. The van der Waals surface area contributed by atoms with Crippen molar-refractivity contribution in [2.45, 2.75) is 25.5 Å². The summed E-state index contributed by atoms with van der Waals surface area (Å²) in [5.41, 5.74) is 3.35. The number of hydrogen-bond acceptors (Lipinski definition) is 8. The van der Waals surface area contributed by atoms with Gasteiger partial charge in [-0.05, 0) is 48.7 Å². The smallest absolute Gasteiger partial charge is 0.189 e. The minimum Gasteiger partial charge on any atom is -0.377 e. The number of ether oxygens (including phenoxy) is 1. The second kappa shape index (κ2) is 9.96. The fraction of sp³-hybridized carbons (Fsp3) is 0.261. The molecule has 5 rings (SSSR count). The summed E-state index contributed by atoms with van der Waals surface area (Å²) < 4.78 is 19.9. The number of nitrogens with zero attached hydrogens (tertiary/aromatic N) is 3. The SMILES string of the molecule is Fc1ccc(Nc2ncnc3nc(Nc4ccc(CNC[C@H]5CCCO5)cc4)sc23)cc1Cl. The third-order valence-corrected chi connectivity index (χ3v) is 6.56. The summed E-state index contributed by atoms with van der Waals surface area (Å²) in [6.45, 7) is 2.56. The maximum atomic E-state index is 13.4. The van der Waals surface area contributed by atoms with E-state index in [1.807, 2.05) is 12.1 Å². The lowest BCUT2D eigenvalue weighted by Crippen LogP contribution is -2.25. The third kappa shape index (κ3) is 5.39. The van der Waals surface area contributed by atoms with Crippen LogP contribution in [0, 0.1) is 5.82 Å². The molecular weight excluding hydrogens is 463 g/mol. The maximum Gasteiger partial charge on any atom is 0.189 e. The molecule has 4 aromatic rings. The summed E-state index contributed by atoms with van der Waals surface area (Å²) >= 11 is 7.32. The minimum absolute atomic E-state index is 0.0440. The molecule has 1 aliphatic rings. The van der Waals surface area contributed by atoms with E-state index in [2.05, 4.69) is 43.0 Å². The number of benzene rings is 2. The van der Waals surface area contributed by atoms with E-state index in [1.165, 1.54) is 35.4 Å². The fourth-order valence-electron chi connectivity index (χ4n) is 3.62. The molecule has 0 spiro atoms. The van der Waals surface area contributed by atoms with Gasteiger partial charge in [-0.1, -0.05) is 35.1 Å². The molecule has 3 N–H and O–H groups in total. The molecule has 0 bridgehead atoms. The molecule has 1 saturated heterocycles. The Balaban J connectivity index is 1.24. The van der Waals surface area contributed by atoms with Gasteiger partial charge < -0.3 is 20.7 Å². The second-order valence-electron chi connectivity index (χ2n) is 7.74. The van der Waals surface area contributed by atoms with Gasteiger partial charge in [-0.15, -0.1) is 0 Å². The Labute approximate surface area is 199 Å². The molecule has 0 unspecified atom stereocenters. The number of nitrogens with one attached hydrogen (secondary N) is 3. The topological polar surface area (TPSA) is 84.0 Å². The molecular formula is C23H22ClFN6OS. The number of rotatable bonds is 8. The lowest BCUT2D eigenvalue weighted by atomic mass is 10.2. The van der Waals surface area contributed by atoms with Crippen LogP contribution in [0.4, 0.5) is 26.7 Å². The average molecular weight is 485 g/mol. The third-order valence-electron chi connectivity index (χ3n) is 5.30. The number of fused-ring (bicyclic) bond motifs is 1. The predicted octanol–water partition coefficient (Wildman–Crippen LogP) is 5.63. The Kier molecular flexibility index (Phi) is 6.63. The Morgan fingerprint density at radius 2 is 1.94 bits per heavy atom. The fourth-order valence-corrected chi connectivity index (χ4v) is 4.68. The van der Waals surface area contributed by atoms with Crippen LogP contribution in [-0.4, -0.2) is 34.2 Å². The first-order valence-electron chi connectivity index (χ1n) is 10.7. The zero-order chi connectivity index (χ0) is 22.6. The first kappa shape index (κ1) is 22.0. The largest absolute Gasteiger partial charge is 0.377 e. The Hall–Kier alpha value is -2.85. The van der Waals surface area contributed by atoms with Gasteiger partial charge in [-0.25, -0.2) is 14.4 Å². The van der Waals surface area contributed by atoms with E-state index in [9.17, 15) is 4.39 Å². The minimum atomic E-state index is -0.469. The highest BCUT2D eigenvalue weighted by molar-refractivity contribution is 7.22. The van der Waals surface area contributed by atoms with Crippen molar-refractivity contribution in [1.29, 1.82) is 0 Å². The van der Waals surface area contributed by atoms with Gasteiger partial charge in [-0.2, -0.15) is 4.98 Å². The number of thiazole rings is 1. The number of hydrogen-bond donors (Lipinski definition) is 3. The zero-order valence-electron chi connectivity index (χ0n) is 17.6. The molecule has 1 fully saturated rings. The first-order chi connectivity index (χ1) is 16.1. The lowest BCUT2D eigenvalue weighted by molar-refractivity contribution is 0.110. The van der Waals surface area contributed by atoms with Crippen molar-refractivity contribution >= 4 is 55.6 Å². The number of anilines is 4. The predicted molar refractivity (Wildman–Crippen MR) is 130 cm³/mol. The molecule has 3 heterocycles. The van der Waals surface area contributed by atoms with Crippen molar-refractivity contribution in [2.24, 2.45) is 0 Å². The molecule has 1 aliphatic heterocycles. The zero-order valence-corrected chi connectivity index (χ0v) is 19.2. The van der Waals surface area contributed by atoms with Gasteiger partial charge in [0.2, 0.25) is 0 Å². The standard InChI is InChI=1S/C23H22ClFN6OS/c24-18-10-16(7-8-19(18)25)29-21-20-22(28-13-27-21)31-23(33-20)30-15-5-3-14(4-6-15)11-26-12-17-2-1-9-32-17/h3-8,10,13,17,26H,1-2,9,11-12H2,(H2,27,28,29,30,31)/t17-/m1/s1. The van der Waals surface area contributed by atoms with E-state index in [1.54, 1.807) is 6.07 Å². The van der Waals surface area contributed by atoms with Crippen LogP contribution in [0.5, 0.6) is 0 Å². The van der Waals surface area contributed by atoms with Crippen LogP contribution in [0.25, 0.3) is 10.3 Å². The van der Waals surface area contributed by atoms with E-state index < -0.39 is 5.82 Å². The van der Waals surface area contributed by atoms with E-state index in [0.717, 1.165) is 42.9 Å². The molecule has 10 heteroatoms. The summed E-state index contributed by atoms with van der Waals surface area (Å²) in [4.78, 5) is 13.1. The molecule has 0 amide bonds. The number of aromatic nitrogens is 3. The van der Waals surface area contributed by atoms with Crippen LogP contribution in [-0.2, 0) is 11.3 Å². The van der Waals surface area contributed by atoms with E-state index in [0.29, 0.717) is 28.4 Å². The number of halogens is 2. The molecule has 0 radical (unpaired) electrons. The monoisotopic (exact) mass is 484 g/mol. The molecule has 0 saturated carbocycles. The second-order valence-corrected chi connectivity index (χ2v) is 9.14. The van der Waals surface area contributed by atoms with Crippen molar-refractivity contribution in [3.8, 4) is 0 Å². The van der Waals surface area contributed by atoms with Gasteiger partial charge in [0.25, 0.3) is 0 Å². The van der Waals surface area contributed by atoms with Crippen LogP contribution in [0.15, 0.2) is 48.8 Å². The quantitative estimate of drug-likeness (QED) is 0.298. The van der Waals surface area contributed by atoms with Gasteiger partial charge in [0, 0.05) is 31.1 Å². The normalized spacial score (nSPS) is 15.8. The summed E-state index contributed by atoms with van der Waals surface area (Å²) in [5.74, 6) is 0.116. The van der Waals surface area contributed by atoms with Crippen LogP contribution in [0.1, 0.15) is 18.4 Å². The molecule has 0 aliphatic carbocycles. The lowest BCUT2D eigenvalue weighted by Gasteiger charge is -2.11. The molecule has 1 atom stereocenters. The summed E-state index contributed by atoms with van der Waals surface area (Å²) in [5, 5.41) is 10.7. The van der Waals surface area contributed by atoms with Gasteiger partial charge in [0.05, 0.1) is 11.1 Å². The van der Waals surface area contributed by atoms with Crippen LogP contribution < -0.4 is 16.0 Å². The summed E-state index contributed by atoms with van der Waals surface area (Å²) in [6.07, 6.45) is 4.07. The first-order valence-corrected chi connectivity index (χ1v) is 11.9. The van der Waals surface area contributed by atoms with E-state index >= 15 is 0 Å². The summed E-state index contributed by atoms with van der Waals surface area (Å²) in [7, 11) is 0. The molecule has 7 nitrogen and oxygen atoms in total. The van der Waals surface area contributed by atoms with Gasteiger partial charge in [0.1, 0.15) is 16.8 Å². The van der Waals surface area contributed by atoms with Crippen LogP contribution in [0.2, 0.25) is 5.02 Å². The van der Waals surface area contributed by atoms with Crippen molar-refractivity contribution in [1.82, 2.24) is 20.3 Å². The van der Waals surface area contributed by atoms with Gasteiger partial charge in [-0.3, -0.25) is 0 Å².